The summed E-state index contributed by atoms with van der Waals surface area (Å²) in [6, 6.07) is 9.81. The average molecular weight is 560 g/mol. The van der Waals surface area contributed by atoms with Crippen LogP contribution >= 0.6 is 69.2 Å². The van der Waals surface area contributed by atoms with E-state index < -0.39 is 11.6 Å². The normalized spacial score (nSPS) is 9.85. The predicted molar refractivity (Wildman–Crippen MR) is 124 cm³/mol. The maximum absolute atomic E-state index is 13.7. The van der Waals surface area contributed by atoms with Crippen molar-refractivity contribution in [2.45, 2.75) is 21.3 Å². The molecule has 0 spiro atoms. The predicted octanol–water partition coefficient (Wildman–Crippen LogP) is 5.53. The van der Waals surface area contributed by atoms with Gasteiger partial charge in [0, 0.05) is 21.3 Å². The summed E-state index contributed by atoms with van der Waals surface area (Å²) in [6.07, 6.45) is 0. The Balaban J connectivity index is 0.00000338. The summed E-state index contributed by atoms with van der Waals surface area (Å²) in [5, 5.41) is 14.6. The molecule has 4 nitrogen and oxygen atoms in total. The van der Waals surface area contributed by atoms with Crippen molar-refractivity contribution in [1.29, 1.82) is 10.8 Å². The van der Waals surface area contributed by atoms with Crippen LogP contribution in [0.2, 0.25) is 0 Å². The second kappa shape index (κ2) is 12.7. The number of benzene rings is 2. The lowest BCUT2D eigenvalue weighted by atomic mass is 10.2. The Hall–Kier alpha value is -0.750. The van der Waals surface area contributed by atoms with Gasteiger partial charge in [-0.2, -0.15) is 0 Å². The van der Waals surface area contributed by atoms with Crippen LogP contribution in [-0.4, -0.2) is 10.3 Å². The third-order valence-corrected chi connectivity index (χ3v) is 5.81. The van der Waals surface area contributed by atoms with E-state index in [2.05, 4.69) is 0 Å². The molecular formula is C16H18Br2F2N4S3. The molecular weight excluding hydrogens is 542 g/mol. The molecule has 0 saturated heterocycles. The summed E-state index contributed by atoms with van der Waals surface area (Å²) < 4.78 is 27.3. The fraction of sp³-hybridized carbons (Fsp3) is 0.125. The van der Waals surface area contributed by atoms with Gasteiger partial charge in [0.1, 0.15) is 0 Å². The Morgan fingerprint density at radius 3 is 1.93 bits per heavy atom. The van der Waals surface area contributed by atoms with E-state index in [1.807, 2.05) is 24.3 Å². The van der Waals surface area contributed by atoms with Crippen LogP contribution in [0.5, 0.6) is 0 Å². The molecule has 0 amide bonds. The average Bonchev–Trinajstić information content (AvgIpc) is 2.55. The van der Waals surface area contributed by atoms with Crippen LogP contribution in [0, 0.1) is 22.5 Å². The molecule has 0 aromatic heterocycles. The van der Waals surface area contributed by atoms with Crippen LogP contribution in [0.4, 0.5) is 8.78 Å². The number of hydrogen-bond acceptors (Lipinski definition) is 5. The van der Waals surface area contributed by atoms with Gasteiger partial charge in [0.15, 0.2) is 22.0 Å². The molecule has 0 fully saturated rings. The molecule has 0 bridgehead atoms. The highest BCUT2D eigenvalue weighted by Gasteiger charge is 2.14. The molecule has 0 aliphatic carbocycles. The summed E-state index contributed by atoms with van der Waals surface area (Å²) >= 11 is 3.56. The maximum Gasteiger partial charge on any atom is 0.159 e. The first-order valence-electron chi connectivity index (χ1n) is 7.04. The van der Waals surface area contributed by atoms with Crippen molar-refractivity contribution in [3.63, 3.8) is 0 Å². The topological polar surface area (TPSA) is 99.7 Å². The molecule has 0 unspecified atom stereocenters. The van der Waals surface area contributed by atoms with Crippen LogP contribution in [0.25, 0.3) is 0 Å². The second-order valence-electron chi connectivity index (χ2n) is 4.89. The highest BCUT2D eigenvalue weighted by molar-refractivity contribution is 8.93. The van der Waals surface area contributed by atoms with Crippen molar-refractivity contribution in [3.8, 4) is 0 Å². The Bertz CT molecular complexity index is 809. The molecule has 0 aliphatic rings. The third-order valence-electron chi connectivity index (χ3n) is 3.06. The van der Waals surface area contributed by atoms with Gasteiger partial charge in [-0.1, -0.05) is 53.5 Å². The minimum atomic E-state index is -0.927. The fourth-order valence-electron chi connectivity index (χ4n) is 1.93. The summed E-state index contributed by atoms with van der Waals surface area (Å²) in [7, 11) is 0. The Labute approximate surface area is 190 Å². The summed E-state index contributed by atoms with van der Waals surface area (Å²) in [5.74, 6) is -1.06. The zero-order chi connectivity index (χ0) is 18.4. The van der Waals surface area contributed by atoms with Gasteiger partial charge >= 0.3 is 0 Å². The molecule has 2 aromatic rings. The van der Waals surface area contributed by atoms with Crippen LogP contribution < -0.4 is 11.5 Å². The van der Waals surface area contributed by atoms with Crippen LogP contribution in [0.15, 0.2) is 46.2 Å². The number of hydrogen-bond donors (Lipinski definition) is 4. The Kier molecular flexibility index (Phi) is 12.3. The molecule has 0 radical (unpaired) electrons. The Morgan fingerprint density at radius 1 is 0.815 bits per heavy atom. The molecule has 11 heteroatoms. The molecule has 2 rings (SSSR count). The van der Waals surface area contributed by atoms with Crippen molar-refractivity contribution in [1.82, 2.24) is 0 Å². The van der Waals surface area contributed by atoms with E-state index in [0.717, 1.165) is 34.4 Å². The van der Waals surface area contributed by atoms with Crippen molar-refractivity contribution >= 4 is 79.6 Å². The van der Waals surface area contributed by atoms with E-state index in [1.54, 1.807) is 0 Å². The quantitative estimate of drug-likeness (QED) is 0.275. The minimum Gasteiger partial charge on any atom is -0.379 e. The number of nitrogens with one attached hydrogen (secondary N) is 2. The zero-order valence-corrected chi connectivity index (χ0v) is 19.7. The SMILES string of the molecule is Br.Br.N=C(N)SCc1ccccc1Sc1cc(F)c(F)cc1CSC(=N)N. The first kappa shape index (κ1) is 26.2. The summed E-state index contributed by atoms with van der Waals surface area (Å²) in [6.45, 7) is 0. The molecule has 0 saturated carbocycles. The summed E-state index contributed by atoms with van der Waals surface area (Å²) in [5.41, 5.74) is 12.2. The first-order chi connectivity index (χ1) is 11.9. The Morgan fingerprint density at radius 2 is 1.33 bits per heavy atom. The van der Waals surface area contributed by atoms with Gasteiger partial charge in [-0.3, -0.25) is 10.8 Å². The van der Waals surface area contributed by atoms with Crippen molar-refractivity contribution in [2.24, 2.45) is 11.5 Å². The molecule has 0 heterocycles. The largest absolute Gasteiger partial charge is 0.379 e. The van der Waals surface area contributed by atoms with Crippen molar-refractivity contribution in [3.05, 3.63) is 59.2 Å². The third kappa shape index (κ3) is 8.43. The number of nitrogens with two attached hydrogens (primary N) is 2. The molecule has 2 aromatic carbocycles. The van der Waals surface area contributed by atoms with Crippen LogP contribution in [-0.2, 0) is 11.5 Å². The van der Waals surface area contributed by atoms with Gasteiger partial charge < -0.3 is 11.5 Å². The number of amidine groups is 2. The van der Waals surface area contributed by atoms with E-state index >= 15 is 0 Å². The lowest BCUT2D eigenvalue weighted by Gasteiger charge is -2.12. The van der Waals surface area contributed by atoms with E-state index in [-0.39, 0.29) is 50.1 Å². The smallest absolute Gasteiger partial charge is 0.159 e. The monoisotopic (exact) mass is 558 g/mol. The molecule has 6 N–H and O–H groups in total. The lowest BCUT2D eigenvalue weighted by Crippen LogP contribution is -2.05. The van der Waals surface area contributed by atoms with Gasteiger partial charge in [0.2, 0.25) is 0 Å². The van der Waals surface area contributed by atoms with Gasteiger partial charge in [-0.25, -0.2) is 8.78 Å². The van der Waals surface area contributed by atoms with Crippen LogP contribution in [0.3, 0.4) is 0 Å². The van der Waals surface area contributed by atoms with E-state index in [4.69, 9.17) is 22.3 Å². The van der Waals surface area contributed by atoms with E-state index in [1.165, 1.54) is 23.5 Å². The summed E-state index contributed by atoms with van der Waals surface area (Å²) in [4.78, 5) is 1.43. The highest BCUT2D eigenvalue weighted by Crippen LogP contribution is 2.36. The van der Waals surface area contributed by atoms with E-state index in [9.17, 15) is 8.78 Å². The molecule has 0 atom stereocenters. The second-order valence-corrected chi connectivity index (χ2v) is 8.01. The first-order valence-corrected chi connectivity index (χ1v) is 9.83. The van der Waals surface area contributed by atoms with Gasteiger partial charge in [0.05, 0.1) is 0 Å². The van der Waals surface area contributed by atoms with Gasteiger partial charge in [0.25, 0.3) is 0 Å². The van der Waals surface area contributed by atoms with Crippen LogP contribution in [0.1, 0.15) is 11.1 Å². The highest BCUT2D eigenvalue weighted by atomic mass is 79.9. The maximum atomic E-state index is 13.7. The number of rotatable bonds is 6. The molecule has 27 heavy (non-hydrogen) atoms. The van der Waals surface area contributed by atoms with Crippen molar-refractivity contribution < 1.29 is 8.78 Å². The minimum absolute atomic E-state index is 0. The molecule has 0 aliphatic heterocycles. The van der Waals surface area contributed by atoms with Gasteiger partial charge in [-0.05, 0) is 29.3 Å². The zero-order valence-electron chi connectivity index (χ0n) is 13.8. The fourth-order valence-corrected chi connectivity index (χ4v) is 4.30. The van der Waals surface area contributed by atoms with E-state index in [0.29, 0.717) is 16.2 Å². The lowest BCUT2D eigenvalue weighted by molar-refractivity contribution is 0.504. The standard InChI is InChI=1S/C16H16F2N4S3.2BrH/c17-11-5-10(8-24-16(21)22)14(6-12(11)18)25-13-4-2-1-3-9(13)7-23-15(19)20;;/h1-6H,7-8H2,(H3,19,20)(H3,21,22);2*1H. The van der Waals surface area contributed by atoms with Gasteiger partial charge in [-0.15, -0.1) is 34.0 Å². The molecule has 148 valence electrons. The number of thioether (sulfide) groups is 2. The van der Waals surface area contributed by atoms with Crippen molar-refractivity contribution in [2.75, 3.05) is 0 Å². The number of halogens is 4.